The highest BCUT2D eigenvalue weighted by atomic mass is 16.5. The Balaban J connectivity index is 1.36. The van der Waals surface area contributed by atoms with Gasteiger partial charge in [0.25, 0.3) is 5.89 Å². The summed E-state index contributed by atoms with van der Waals surface area (Å²) in [4.78, 5) is 4.63. The molecule has 8 nitrogen and oxygen atoms in total. The van der Waals surface area contributed by atoms with Crippen molar-refractivity contribution >= 4 is 0 Å². The van der Waals surface area contributed by atoms with Crippen LogP contribution in [0.4, 0.5) is 0 Å². The maximum Gasteiger partial charge on any atom is 0.251 e. The van der Waals surface area contributed by atoms with Crippen molar-refractivity contribution in [2.24, 2.45) is 0 Å². The zero-order valence-corrected chi connectivity index (χ0v) is 19.5. The molecule has 5 aromatic rings. The van der Waals surface area contributed by atoms with Gasteiger partial charge in [-0.25, -0.2) is 4.98 Å². The summed E-state index contributed by atoms with van der Waals surface area (Å²) in [5, 5.41) is 8.40. The largest absolute Gasteiger partial charge is 0.493 e. The van der Waals surface area contributed by atoms with Crippen molar-refractivity contribution < 1.29 is 23.0 Å². The molecule has 176 valence electrons. The lowest BCUT2D eigenvalue weighted by Crippen LogP contribution is -1.99. The van der Waals surface area contributed by atoms with Gasteiger partial charge < -0.3 is 23.0 Å². The van der Waals surface area contributed by atoms with E-state index in [1.807, 2.05) is 79.7 Å². The van der Waals surface area contributed by atoms with Gasteiger partial charge in [0, 0.05) is 11.1 Å². The second-order valence-electron chi connectivity index (χ2n) is 7.65. The second-order valence-corrected chi connectivity index (χ2v) is 7.65. The number of oxazole rings is 1. The van der Waals surface area contributed by atoms with E-state index in [0.29, 0.717) is 51.9 Å². The number of hydrogen-bond acceptors (Lipinski definition) is 8. The summed E-state index contributed by atoms with van der Waals surface area (Å²) in [6.07, 6.45) is 0. The fraction of sp³-hybridized carbons (Fsp3) is 0.148. The quantitative estimate of drug-likeness (QED) is 0.275. The van der Waals surface area contributed by atoms with Crippen LogP contribution in [0.15, 0.2) is 81.6 Å². The summed E-state index contributed by atoms with van der Waals surface area (Å²) in [5.41, 5.74) is 3.01. The van der Waals surface area contributed by atoms with Crippen LogP contribution in [0, 0.1) is 6.92 Å². The van der Waals surface area contributed by atoms with Crippen molar-refractivity contribution in [3.63, 3.8) is 0 Å². The monoisotopic (exact) mass is 469 g/mol. The lowest BCUT2D eigenvalue weighted by Gasteiger charge is -2.08. The molecule has 0 atom stereocenters. The van der Waals surface area contributed by atoms with Gasteiger partial charge >= 0.3 is 0 Å². The summed E-state index contributed by atoms with van der Waals surface area (Å²) in [6.45, 7) is 2.06. The smallest absolute Gasteiger partial charge is 0.251 e. The molecule has 0 N–H and O–H groups in total. The van der Waals surface area contributed by atoms with Crippen molar-refractivity contribution in [1.82, 2.24) is 15.2 Å². The summed E-state index contributed by atoms with van der Waals surface area (Å²) >= 11 is 0. The number of ether oxygens (including phenoxy) is 3. The number of aryl methyl sites for hydroxylation is 1. The minimum absolute atomic E-state index is 0.208. The van der Waals surface area contributed by atoms with Crippen molar-refractivity contribution in [1.29, 1.82) is 0 Å². The van der Waals surface area contributed by atoms with E-state index in [-0.39, 0.29) is 6.61 Å². The van der Waals surface area contributed by atoms with Gasteiger partial charge in [-0.15, -0.1) is 10.2 Å². The molecule has 0 unspecified atom stereocenters. The number of methoxy groups -OCH3 is 2. The normalized spacial score (nSPS) is 10.8. The topological polar surface area (TPSA) is 92.6 Å². The molecular formula is C27H23N3O5. The van der Waals surface area contributed by atoms with Crippen molar-refractivity contribution in [3.8, 4) is 51.6 Å². The Morgan fingerprint density at radius 1 is 0.686 bits per heavy atom. The molecule has 35 heavy (non-hydrogen) atoms. The Kier molecular flexibility index (Phi) is 6.17. The van der Waals surface area contributed by atoms with Gasteiger partial charge in [-0.1, -0.05) is 30.3 Å². The van der Waals surface area contributed by atoms with Crippen LogP contribution in [0.5, 0.6) is 17.2 Å². The first kappa shape index (κ1) is 22.2. The molecule has 2 heterocycles. The molecule has 0 bridgehead atoms. The highest BCUT2D eigenvalue weighted by molar-refractivity contribution is 5.64. The molecule has 0 aliphatic rings. The molecule has 0 aliphatic heterocycles. The Labute approximate surface area is 202 Å². The minimum Gasteiger partial charge on any atom is -0.493 e. The summed E-state index contributed by atoms with van der Waals surface area (Å²) in [5.74, 6) is 3.80. The fourth-order valence-electron chi connectivity index (χ4n) is 3.60. The van der Waals surface area contributed by atoms with Crippen LogP contribution in [0.25, 0.3) is 34.4 Å². The predicted octanol–water partition coefficient (Wildman–Crippen LogP) is 5.96. The molecular weight excluding hydrogens is 446 g/mol. The van der Waals surface area contributed by atoms with E-state index in [1.54, 1.807) is 14.2 Å². The molecule has 0 saturated carbocycles. The molecule has 2 aromatic heterocycles. The van der Waals surface area contributed by atoms with Gasteiger partial charge in [-0.05, 0) is 49.4 Å². The van der Waals surface area contributed by atoms with Gasteiger partial charge in [-0.3, -0.25) is 0 Å². The number of benzene rings is 3. The third-order valence-electron chi connectivity index (χ3n) is 5.45. The number of rotatable bonds is 8. The third kappa shape index (κ3) is 4.59. The summed E-state index contributed by atoms with van der Waals surface area (Å²) in [7, 11) is 3.18. The van der Waals surface area contributed by atoms with E-state index < -0.39 is 0 Å². The lowest BCUT2D eigenvalue weighted by molar-refractivity contribution is 0.300. The molecule has 0 fully saturated rings. The third-order valence-corrected chi connectivity index (χ3v) is 5.45. The van der Waals surface area contributed by atoms with E-state index >= 15 is 0 Å². The van der Waals surface area contributed by atoms with Gasteiger partial charge in [0.2, 0.25) is 11.8 Å². The zero-order valence-electron chi connectivity index (χ0n) is 19.5. The van der Waals surface area contributed by atoms with Gasteiger partial charge in [-0.2, -0.15) is 0 Å². The standard InChI is InChI=1S/C27H23N3O5/c1-17-21(28-25(34-17)19-13-14-23(31-2)24(15-19)32-3)16-33-22-12-8-7-11-20(22)27-30-29-26(35-27)18-9-5-4-6-10-18/h4-15H,16H2,1-3H3. The van der Waals surface area contributed by atoms with E-state index in [9.17, 15) is 0 Å². The molecule has 5 rings (SSSR count). The Bertz CT molecular complexity index is 1440. The molecule has 3 aromatic carbocycles. The van der Waals surface area contributed by atoms with Crippen LogP contribution in [0.2, 0.25) is 0 Å². The second kappa shape index (κ2) is 9.72. The van der Waals surface area contributed by atoms with Gasteiger partial charge in [0.05, 0.1) is 19.8 Å². The molecule has 0 spiro atoms. The fourth-order valence-corrected chi connectivity index (χ4v) is 3.60. The van der Waals surface area contributed by atoms with E-state index in [4.69, 9.17) is 23.0 Å². The first-order valence-electron chi connectivity index (χ1n) is 11.0. The van der Waals surface area contributed by atoms with Crippen LogP contribution in [0.3, 0.4) is 0 Å². The molecule has 0 aliphatic carbocycles. The molecule has 0 amide bonds. The van der Waals surface area contributed by atoms with E-state index in [2.05, 4.69) is 15.2 Å². The Hall–Kier alpha value is -4.59. The maximum absolute atomic E-state index is 6.11. The maximum atomic E-state index is 6.11. The number of nitrogens with zero attached hydrogens (tertiary/aromatic N) is 3. The average Bonchev–Trinajstić information content (AvgIpc) is 3.55. The van der Waals surface area contributed by atoms with Crippen LogP contribution >= 0.6 is 0 Å². The van der Waals surface area contributed by atoms with Crippen LogP contribution in [-0.4, -0.2) is 29.4 Å². The van der Waals surface area contributed by atoms with Crippen LogP contribution in [-0.2, 0) is 6.61 Å². The van der Waals surface area contributed by atoms with Crippen molar-refractivity contribution in [3.05, 3.63) is 84.3 Å². The van der Waals surface area contributed by atoms with Crippen molar-refractivity contribution in [2.45, 2.75) is 13.5 Å². The zero-order chi connectivity index (χ0) is 24.2. The van der Waals surface area contributed by atoms with Crippen LogP contribution in [0.1, 0.15) is 11.5 Å². The lowest BCUT2D eigenvalue weighted by atomic mass is 10.2. The van der Waals surface area contributed by atoms with Gasteiger partial charge in [0.1, 0.15) is 23.8 Å². The van der Waals surface area contributed by atoms with Gasteiger partial charge in [0.15, 0.2) is 11.5 Å². The van der Waals surface area contributed by atoms with Crippen LogP contribution < -0.4 is 14.2 Å². The highest BCUT2D eigenvalue weighted by Crippen LogP contribution is 2.34. The first-order valence-corrected chi connectivity index (χ1v) is 11.0. The van der Waals surface area contributed by atoms with E-state index in [0.717, 1.165) is 11.1 Å². The number of para-hydroxylation sites is 1. The van der Waals surface area contributed by atoms with Crippen molar-refractivity contribution in [2.75, 3.05) is 14.2 Å². The number of hydrogen-bond donors (Lipinski definition) is 0. The highest BCUT2D eigenvalue weighted by Gasteiger charge is 2.17. The number of aromatic nitrogens is 3. The first-order chi connectivity index (χ1) is 17.2. The summed E-state index contributed by atoms with van der Waals surface area (Å²) < 4.78 is 28.6. The Morgan fingerprint density at radius 2 is 1.43 bits per heavy atom. The summed E-state index contributed by atoms with van der Waals surface area (Å²) in [6, 6.07) is 22.6. The van der Waals surface area contributed by atoms with E-state index in [1.165, 1.54) is 0 Å². The average molecular weight is 469 g/mol. The molecule has 0 radical (unpaired) electrons. The Morgan fingerprint density at radius 3 is 2.23 bits per heavy atom. The molecule has 8 heteroatoms. The SMILES string of the molecule is COc1ccc(-c2nc(COc3ccccc3-c3nnc(-c4ccccc4)o3)c(C)o2)cc1OC. The minimum atomic E-state index is 0.208. The predicted molar refractivity (Wildman–Crippen MR) is 129 cm³/mol. The molecule has 0 saturated heterocycles.